The van der Waals surface area contributed by atoms with Gasteiger partial charge in [0.15, 0.2) is 5.82 Å². The maximum atomic E-state index is 6.31. The third-order valence-corrected chi connectivity index (χ3v) is 3.97. The molecular weight excluding hydrogens is 236 g/mol. The molecule has 0 aliphatic heterocycles. The molecule has 1 aliphatic rings. The predicted octanol–water partition coefficient (Wildman–Crippen LogP) is 2.52. The van der Waals surface area contributed by atoms with Crippen molar-refractivity contribution in [3.05, 3.63) is 47.5 Å². The van der Waals surface area contributed by atoms with Gasteiger partial charge in [0.25, 0.3) is 0 Å². The molecule has 2 aromatic rings. The zero-order chi connectivity index (χ0) is 13.2. The molecule has 2 N–H and O–H groups in total. The van der Waals surface area contributed by atoms with E-state index in [0.717, 1.165) is 17.2 Å². The number of aromatic nitrogens is 3. The Balaban J connectivity index is 1.88. The van der Waals surface area contributed by atoms with Crippen molar-refractivity contribution < 1.29 is 0 Å². The van der Waals surface area contributed by atoms with Gasteiger partial charge < -0.3 is 5.73 Å². The molecule has 1 unspecified atom stereocenters. The zero-order valence-corrected chi connectivity index (χ0v) is 11.3. The van der Waals surface area contributed by atoms with Crippen molar-refractivity contribution in [2.75, 3.05) is 0 Å². The van der Waals surface area contributed by atoms with E-state index < -0.39 is 0 Å². The maximum absolute atomic E-state index is 6.31. The number of aryl methyl sites for hydroxylation is 1. The minimum Gasteiger partial charge on any atom is -0.318 e. The minimum absolute atomic E-state index is 0.200. The summed E-state index contributed by atoms with van der Waals surface area (Å²) in [5.74, 6) is 2.36. The summed E-state index contributed by atoms with van der Waals surface area (Å²) in [5, 5.41) is 4.56. The van der Waals surface area contributed by atoms with E-state index in [4.69, 9.17) is 10.7 Å². The van der Waals surface area contributed by atoms with Crippen molar-refractivity contribution in [2.24, 2.45) is 12.8 Å². The van der Waals surface area contributed by atoms with Crippen LogP contribution in [0.2, 0.25) is 0 Å². The second-order valence-corrected chi connectivity index (χ2v) is 5.32. The SMILES string of the molecule is Cn1nc(C2CCCC2)nc1C(N)c1ccccc1. The van der Waals surface area contributed by atoms with E-state index in [1.54, 1.807) is 0 Å². The van der Waals surface area contributed by atoms with Crippen LogP contribution in [-0.2, 0) is 7.05 Å². The third-order valence-electron chi connectivity index (χ3n) is 3.97. The molecular formula is C15H20N4. The van der Waals surface area contributed by atoms with Gasteiger partial charge in [-0.25, -0.2) is 4.98 Å². The Labute approximate surface area is 113 Å². The summed E-state index contributed by atoms with van der Waals surface area (Å²) >= 11 is 0. The van der Waals surface area contributed by atoms with Gasteiger partial charge in [-0.15, -0.1) is 0 Å². The summed E-state index contributed by atoms with van der Waals surface area (Å²) in [4.78, 5) is 4.69. The third kappa shape index (κ3) is 2.40. The largest absolute Gasteiger partial charge is 0.318 e. The first-order valence-corrected chi connectivity index (χ1v) is 6.97. The molecule has 19 heavy (non-hydrogen) atoms. The molecule has 100 valence electrons. The molecule has 1 aromatic carbocycles. The summed E-state index contributed by atoms with van der Waals surface area (Å²) in [7, 11) is 1.93. The molecule has 0 spiro atoms. The molecule has 0 amide bonds. The van der Waals surface area contributed by atoms with Crippen LogP contribution >= 0.6 is 0 Å². The predicted molar refractivity (Wildman–Crippen MR) is 74.7 cm³/mol. The molecule has 1 atom stereocenters. The fourth-order valence-corrected chi connectivity index (χ4v) is 2.85. The average Bonchev–Trinajstić information content (AvgIpc) is 3.08. The summed E-state index contributed by atoms with van der Waals surface area (Å²) in [6.07, 6.45) is 5.01. The Bertz CT molecular complexity index is 541. The monoisotopic (exact) mass is 256 g/mol. The lowest BCUT2D eigenvalue weighted by Gasteiger charge is -2.10. The quantitative estimate of drug-likeness (QED) is 0.918. The summed E-state index contributed by atoms with van der Waals surface area (Å²) in [6.45, 7) is 0. The minimum atomic E-state index is -0.200. The van der Waals surface area contributed by atoms with Crippen LogP contribution < -0.4 is 5.73 Å². The lowest BCUT2D eigenvalue weighted by Crippen LogP contribution is -2.16. The molecule has 3 rings (SSSR count). The van der Waals surface area contributed by atoms with Gasteiger partial charge >= 0.3 is 0 Å². The highest BCUT2D eigenvalue weighted by atomic mass is 15.3. The average molecular weight is 256 g/mol. The van der Waals surface area contributed by atoms with Crippen molar-refractivity contribution in [3.8, 4) is 0 Å². The topological polar surface area (TPSA) is 56.7 Å². The van der Waals surface area contributed by atoms with Gasteiger partial charge in [-0.1, -0.05) is 43.2 Å². The number of nitrogens with zero attached hydrogens (tertiary/aromatic N) is 3. The highest BCUT2D eigenvalue weighted by Crippen LogP contribution is 2.32. The van der Waals surface area contributed by atoms with Crippen LogP contribution in [0.1, 0.15) is 54.9 Å². The van der Waals surface area contributed by atoms with Gasteiger partial charge in [0.1, 0.15) is 5.82 Å². The molecule has 1 aromatic heterocycles. The van der Waals surface area contributed by atoms with E-state index in [1.807, 2.05) is 42.1 Å². The Hall–Kier alpha value is -1.68. The van der Waals surface area contributed by atoms with Crippen LogP contribution in [0.25, 0.3) is 0 Å². The van der Waals surface area contributed by atoms with Crippen molar-refractivity contribution in [3.63, 3.8) is 0 Å². The Kier molecular flexibility index (Phi) is 3.34. The van der Waals surface area contributed by atoms with Gasteiger partial charge in [-0.3, -0.25) is 4.68 Å². The molecule has 1 aliphatic carbocycles. The van der Waals surface area contributed by atoms with Crippen molar-refractivity contribution in [2.45, 2.75) is 37.6 Å². The number of nitrogens with two attached hydrogens (primary N) is 1. The Morgan fingerprint density at radius 1 is 1.21 bits per heavy atom. The van der Waals surface area contributed by atoms with Crippen LogP contribution in [0.15, 0.2) is 30.3 Å². The zero-order valence-electron chi connectivity index (χ0n) is 11.3. The number of hydrogen-bond acceptors (Lipinski definition) is 3. The number of hydrogen-bond donors (Lipinski definition) is 1. The summed E-state index contributed by atoms with van der Waals surface area (Å²) in [5.41, 5.74) is 7.39. The van der Waals surface area contributed by atoms with E-state index in [0.29, 0.717) is 5.92 Å². The fourth-order valence-electron chi connectivity index (χ4n) is 2.85. The van der Waals surface area contributed by atoms with Crippen LogP contribution in [-0.4, -0.2) is 14.8 Å². The number of rotatable bonds is 3. The summed E-state index contributed by atoms with van der Waals surface area (Å²) < 4.78 is 1.84. The van der Waals surface area contributed by atoms with E-state index in [9.17, 15) is 0 Å². The van der Waals surface area contributed by atoms with Gasteiger partial charge in [-0.05, 0) is 18.4 Å². The van der Waals surface area contributed by atoms with Gasteiger partial charge in [0, 0.05) is 13.0 Å². The molecule has 0 radical (unpaired) electrons. The van der Waals surface area contributed by atoms with Gasteiger partial charge in [0.05, 0.1) is 6.04 Å². The Morgan fingerprint density at radius 3 is 2.58 bits per heavy atom. The van der Waals surface area contributed by atoms with Crippen molar-refractivity contribution >= 4 is 0 Å². The molecule has 4 heteroatoms. The first-order valence-electron chi connectivity index (χ1n) is 6.97. The smallest absolute Gasteiger partial charge is 0.154 e. The van der Waals surface area contributed by atoms with Crippen molar-refractivity contribution in [1.82, 2.24) is 14.8 Å². The highest BCUT2D eigenvalue weighted by Gasteiger charge is 2.24. The lowest BCUT2D eigenvalue weighted by molar-refractivity contribution is 0.634. The second-order valence-electron chi connectivity index (χ2n) is 5.32. The lowest BCUT2D eigenvalue weighted by atomic mass is 10.1. The van der Waals surface area contributed by atoms with Crippen LogP contribution in [0.3, 0.4) is 0 Å². The van der Waals surface area contributed by atoms with Crippen molar-refractivity contribution in [1.29, 1.82) is 0 Å². The molecule has 1 saturated carbocycles. The molecule has 0 bridgehead atoms. The summed E-state index contributed by atoms with van der Waals surface area (Å²) in [6, 6.07) is 9.88. The normalized spacial score (nSPS) is 17.8. The molecule has 1 fully saturated rings. The van der Waals surface area contributed by atoms with E-state index in [1.165, 1.54) is 25.7 Å². The van der Waals surface area contributed by atoms with Crippen LogP contribution in [0.4, 0.5) is 0 Å². The Morgan fingerprint density at radius 2 is 1.89 bits per heavy atom. The number of benzene rings is 1. The van der Waals surface area contributed by atoms with E-state index in [2.05, 4.69) is 5.10 Å². The standard InChI is InChI=1S/C15H20N4/c1-19-15(13(16)11-7-3-2-4-8-11)17-14(18-19)12-9-5-6-10-12/h2-4,7-8,12-13H,5-6,9-10,16H2,1H3. The molecule has 0 saturated heterocycles. The molecule has 1 heterocycles. The first-order chi connectivity index (χ1) is 9.25. The maximum Gasteiger partial charge on any atom is 0.154 e. The fraction of sp³-hybridized carbons (Fsp3) is 0.467. The van der Waals surface area contributed by atoms with E-state index >= 15 is 0 Å². The van der Waals surface area contributed by atoms with E-state index in [-0.39, 0.29) is 6.04 Å². The highest BCUT2D eigenvalue weighted by molar-refractivity contribution is 5.24. The molecule has 4 nitrogen and oxygen atoms in total. The van der Waals surface area contributed by atoms with Gasteiger partial charge in [0.2, 0.25) is 0 Å². The first kappa shape index (κ1) is 12.4. The second kappa shape index (κ2) is 5.13. The van der Waals surface area contributed by atoms with Crippen LogP contribution in [0.5, 0.6) is 0 Å². The van der Waals surface area contributed by atoms with Crippen LogP contribution in [0, 0.1) is 0 Å². The van der Waals surface area contributed by atoms with Gasteiger partial charge in [-0.2, -0.15) is 5.10 Å².